The molecule has 2 aliphatic rings. The fraction of sp³-hybridized carbons (Fsp3) is 0.600. The number of benzene rings is 1. The molecule has 1 saturated heterocycles. The lowest BCUT2D eigenvalue weighted by atomic mass is 9.92. The molecule has 1 saturated carbocycles. The highest BCUT2D eigenvalue weighted by Gasteiger charge is 2.33. The molecule has 154 valence electrons. The predicted molar refractivity (Wildman–Crippen MR) is 104 cm³/mol. The van der Waals surface area contributed by atoms with Gasteiger partial charge in [-0.3, -0.25) is 4.79 Å². The number of hydrogen-bond donors (Lipinski definition) is 4. The number of rotatable bonds is 7. The van der Waals surface area contributed by atoms with Crippen molar-refractivity contribution < 1.29 is 24.2 Å². The van der Waals surface area contributed by atoms with E-state index in [-0.39, 0.29) is 37.1 Å². The number of methoxy groups -OCH3 is 1. The third-order valence-electron chi connectivity index (χ3n) is 5.34. The van der Waals surface area contributed by atoms with E-state index in [1.165, 1.54) is 6.42 Å². The fourth-order valence-corrected chi connectivity index (χ4v) is 3.50. The van der Waals surface area contributed by atoms with Crippen LogP contribution in [0.3, 0.4) is 0 Å². The Morgan fingerprint density at radius 2 is 1.89 bits per heavy atom. The van der Waals surface area contributed by atoms with E-state index < -0.39 is 6.10 Å². The molecule has 8 heteroatoms. The summed E-state index contributed by atoms with van der Waals surface area (Å²) in [6.45, 7) is -0.214. The standard InChI is InChI=1S/C20H29N3O5/c1-27-15-7-5-14(6-8-15)22-20(26)23-17-10-9-16(28-18(17)12-24)11-19(25)21-13-3-2-4-13/h5-8,13,16-18,24H,2-4,9-12H2,1H3,(H,21,25)(H2,22,23,26)/t16-,17-,18+/m0/s1. The molecule has 3 rings (SSSR count). The second kappa shape index (κ2) is 9.75. The molecule has 3 amide bonds. The number of ether oxygens (including phenoxy) is 2. The van der Waals surface area contributed by atoms with Gasteiger partial charge in [-0.05, 0) is 56.4 Å². The molecule has 1 aromatic carbocycles. The van der Waals surface area contributed by atoms with Gasteiger partial charge >= 0.3 is 6.03 Å². The van der Waals surface area contributed by atoms with Crippen LogP contribution in [0.25, 0.3) is 0 Å². The van der Waals surface area contributed by atoms with E-state index in [2.05, 4.69) is 16.0 Å². The quantitative estimate of drug-likeness (QED) is 0.567. The van der Waals surface area contributed by atoms with Gasteiger partial charge in [0.15, 0.2) is 0 Å². The van der Waals surface area contributed by atoms with Gasteiger partial charge in [0, 0.05) is 11.7 Å². The Morgan fingerprint density at radius 1 is 1.14 bits per heavy atom. The maximum absolute atomic E-state index is 12.3. The van der Waals surface area contributed by atoms with E-state index in [0.29, 0.717) is 30.3 Å². The van der Waals surface area contributed by atoms with Crippen LogP contribution in [0.2, 0.25) is 0 Å². The number of nitrogens with one attached hydrogen (secondary N) is 3. The fourth-order valence-electron chi connectivity index (χ4n) is 3.50. The summed E-state index contributed by atoms with van der Waals surface area (Å²) in [6.07, 6.45) is 4.08. The van der Waals surface area contributed by atoms with E-state index in [1.54, 1.807) is 31.4 Å². The Bertz CT molecular complexity index is 662. The average molecular weight is 391 g/mol. The van der Waals surface area contributed by atoms with Crippen LogP contribution in [0.5, 0.6) is 5.75 Å². The molecule has 2 fully saturated rings. The van der Waals surface area contributed by atoms with Gasteiger partial charge in [-0.2, -0.15) is 0 Å². The number of urea groups is 1. The number of aliphatic hydroxyl groups excluding tert-OH is 1. The Hall–Kier alpha value is -2.32. The maximum atomic E-state index is 12.3. The molecule has 0 radical (unpaired) electrons. The van der Waals surface area contributed by atoms with Crippen LogP contribution >= 0.6 is 0 Å². The first-order chi connectivity index (χ1) is 13.6. The Balaban J connectivity index is 1.45. The average Bonchev–Trinajstić information content (AvgIpc) is 2.66. The third kappa shape index (κ3) is 5.59. The topological polar surface area (TPSA) is 109 Å². The SMILES string of the molecule is COc1ccc(NC(=O)N[C@H]2CC[C@@H](CC(=O)NC3CCC3)O[C@@H]2CO)cc1. The highest BCUT2D eigenvalue weighted by Crippen LogP contribution is 2.23. The third-order valence-corrected chi connectivity index (χ3v) is 5.34. The number of hydrogen-bond acceptors (Lipinski definition) is 5. The zero-order valence-electron chi connectivity index (χ0n) is 16.1. The van der Waals surface area contributed by atoms with Crippen LogP contribution in [0.1, 0.15) is 38.5 Å². The molecular formula is C20H29N3O5. The van der Waals surface area contributed by atoms with Gasteiger partial charge < -0.3 is 30.5 Å². The smallest absolute Gasteiger partial charge is 0.319 e. The van der Waals surface area contributed by atoms with Gasteiger partial charge in [-0.15, -0.1) is 0 Å². The van der Waals surface area contributed by atoms with Gasteiger partial charge in [0.25, 0.3) is 0 Å². The normalized spacial score (nSPS) is 24.7. The molecular weight excluding hydrogens is 362 g/mol. The monoisotopic (exact) mass is 391 g/mol. The second-order valence-corrected chi connectivity index (χ2v) is 7.39. The van der Waals surface area contributed by atoms with Crippen LogP contribution in [0.15, 0.2) is 24.3 Å². The number of anilines is 1. The molecule has 28 heavy (non-hydrogen) atoms. The summed E-state index contributed by atoms with van der Waals surface area (Å²) >= 11 is 0. The predicted octanol–water partition coefficient (Wildman–Crippen LogP) is 1.78. The van der Waals surface area contributed by atoms with E-state index in [1.807, 2.05) is 0 Å². The number of carbonyl (C=O) groups is 2. The van der Waals surface area contributed by atoms with Crippen molar-refractivity contribution in [1.82, 2.24) is 10.6 Å². The lowest BCUT2D eigenvalue weighted by Gasteiger charge is -2.36. The van der Waals surface area contributed by atoms with E-state index in [4.69, 9.17) is 9.47 Å². The Kier molecular flexibility index (Phi) is 7.11. The van der Waals surface area contributed by atoms with Crippen molar-refractivity contribution in [3.05, 3.63) is 24.3 Å². The van der Waals surface area contributed by atoms with Crippen molar-refractivity contribution in [2.45, 2.75) is 62.8 Å². The number of amides is 3. The Labute approximate surface area is 165 Å². The van der Waals surface area contributed by atoms with Crippen molar-refractivity contribution in [3.8, 4) is 5.75 Å². The molecule has 1 aromatic rings. The molecule has 1 aliphatic heterocycles. The van der Waals surface area contributed by atoms with Crippen molar-refractivity contribution >= 4 is 17.6 Å². The first kappa shape index (κ1) is 20.4. The first-order valence-electron chi connectivity index (χ1n) is 9.84. The van der Waals surface area contributed by atoms with Crippen LogP contribution in [0.4, 0.5) is 10.5 Å². The summed E-state index contributed by atoms with van der Waals surface area (Å²) in [6, 6.07) is 6.64. The van der Waals surface area contributed by atoms with Gasteiger partial charge in [-0.25, -0.2) is 4.79 Å². The summed E-state index contributed by atoms with van der Waals surface area (Å²) in [5.74, 6) is 0.703. The minimum atomic E-state index is -0.531. The van der Waals surface area contributed by atoms with Crippen LogP contribution in [-0.2, 0) is 9.53 Å². The number of aliphatic hydroxyl groups is 1. The lowest BCUT2D eigenvalue weighted by Crippen LogP contribution is -2.52. The zero-order valence-corrected chi connectivity index (χ0v) is 16.1. The van der Waals surface area contributed by atoms with Crippen LogP contribution in [-0.4, -0.2) is 55.1 Å². The van der Waals surface area contributed by atoms with Gasteiger partial charge in [0.1, 0.15) is 11.9 Å². The summed E-state index contributed by atoms with van der Waals surface area (Å²) in [5.41, 5.74) is 0.640. The minimum absolute atomic E-state index is 0.00459. The molecule has 8 nitrogen and oxygen atoms in total. The highest BCUT2D eigenvalue weighted by molar-refractivity contribution is 5.89. The van der Waals surface area contributed by atoms with Gasteiger partial charge in [0.05, 0.1) is 32.3 Å². The maximum Gasteiger partial charge on any atom is 0.319 e. The highest BCUT2D eigenvalue weighted by atomic mass is 16.5. The summed E-state index contributed by atoms with van der Waals surface area (Å²) < 4.78 is 11.0. The molecule has 0 unspecified atom stereocenters. The van der Waals surface area contributed by atoms with Crippen molar-refractivity contribution in [2.75, 3.05) is 19.0 Å². The van der Waals surface area contributed by atoms with E-state index in [9.17, 15) is 14.7 Å². The summed E-state index contributed by atoms with van der Waals surface area (Å²) in [5, 5.41) is 18.3. The molecule has 0 bridgehead atoms. The van der Waals surface area contributed by atoms with E-state index in [0.717, 1.165) is 12.8 Å². The minimum Gasteiger partial charge on any atom is -0.497 e. The lowest BCUT2D eigenvalue weighted by molar-refractivity contribution is -0.131. The van der Waals surface area contributed by atoms with E-state index >= 15 is 0 Å². The molecule has 0 spiro atoms. The molecule has 3 atom stereocenters. The summed E-state index contributed by atoms with van der Waals surface area (Å²) in [7, 11) is 1.58. The van der Waals surface area contributed by atoms with Gasteiger partial charge in [-0.1, -0.05) is 0 Å². The molecule has 1 heterocycles. The second-order valence-electron chi connectivity index (χ2n) is 7.39. The van der Waals surface area contributed by atoms with Gasteiger partial charge in [0.2, 0.25) is 5.91 Å². The molecule has 1 aliphatic carbocycles. The first-order valence-corrected chi connectivity index (χ1v) is 9.84. The largest absolute Gasteiger partial charge is 0.497 e. The Morgan fingerprint density at radius 3 is 2.50 bits per heavy atom. The van der Waals surface area contributed by atoms with Crippen LogP contribution in [0, 0.1) is 0 Å². The molecule has 4 N–H and O–H groups in total. The number of carbonyl (C=O) groups excluding carboxylic acids is 2. The molecule has 0 aromatic heterocycles. The summed E-state index contributed by atoms with van der Waals surface area (Å²) in [4.78, 5) is 24.3. The van der Waals surface area contributed by atoms with Crippen molar-refractivity contribution in [3.63, 3.8) is 0 Å². The van der Waals surface area contributed by atoms with Crippen molar-refractivity contribution in [2.24, 2.45) is 0 Å². The zero-order chi connectivity index (χ0) is 19.9. The van der Waals surface area contributed by atoms with Crippen LogP contribution < -0.4 is 20.7 Å². The van der Waals surface area contributed by atoms with Crippen molar-refractivity contribution in [1.29, 1.82) is 0 Å².